The standard InChI is InChI=1S/C20H15ClF3NO3/c1-9(2)18(26)15-17(10-6-7-12(22)13(23)8-10)25(20(28)19(15)27)14-5-3-4-11(21)16(14)24/h3-9,17,27H,1-2H3. The summed E-state index contributed by atoms with van der Waals surface area (Å²) in [6, 6.07) is 5.34. The van der Waals surface area contributed by atoms with Crippen molar-refractivity contribution >= 4 is 29.0 Å². The van der Waals surface area contributed by atoms with Crippen LogP contribution < -0.4 is 4.90 Å². The topological polar surface area (TPSA) is 57.6 Å². The van der Waals surface area contributed by atoms with Crippen LogP contribution in [0.1, 0.15) is 25.5 Å². The molecule has 8 heteroatoms. The van der Waals surface area contributed by atoms with Gasteiger partial charge in [-0.1, -0.05) is 37.6 Å². The van der Waals surface area contributed by atoms with E-state index in [4.69, 9.17) is 11.6 Å². The molecule has 1 atom stereocenters. The summed E-state index contributed by atoms with van der Waals surface area (Å²) in [5, 5.41) is 10.1. The second-order valence-corrected chi connectivity index (χ2v) is 7.01. The molecule has 1 amide bonds. The fourth-order valence-electron chi connectivity index (χ4n) is 3.09. The van der Waals surface area contributed by atoms with Crippen LogP contribution in [0, 0.1) is 23.4 Å². The largest absolute Gasteiger partial charge is 0.503 e. The van der Waals surface area contributed by atoms with Gasteiger partial charge in [0.1, 0.15) is 0 Å². The van der Waals surface area contributed by atoms with Crippen LogP contribution in [0.5, 0.6) is 0 Å². The third-order valence-electron chi connectivity index (χ3n) is 4.45. The molecular weight excluding hydrogens is 395 g/mol. The minimum atomic E-state index is -1.34. The van der Waals surface area contributed by atoms with Crippen molar-refractivity contribution in [3.63, 3.8) is 0 Å². The summed E-state index contributed by atoms with van der Waals surface area (Å²) in [4.78, 5) is 26.2. The first-order valence-corrected chi connectivity index (χ1v) is 8.72. The molecule has 0 radical (unpaired) electrons. The fraction of sp³-hybridized carbons (Fsp3) is 0.200. The van der Waals surface area contributed by atoms with Crippen LogP contribution in [-0.4, -0.2) is 16.8 Å². The van der Waals surface area contributed by atoms with Crippen LogP contribution in [0.25, 0.3) is 0 Å². The Morgan fingerprint density at radius 2 is 1.82 bits per heavy atom. The zero-order valence-corrected chi connectivity index (χ0v) is 15.6. The van der Waals surface area contributed by atoms with Gasteiger partial charge in [-0.05, 0) is 29.8 Å². The molecule has 0 fully saturated rings. The molecular formula is C20H15ClF3NO3. The Balaban J connectivity index is 2.27. The summed E-state index contributed by atoms with van der Waals surface area (Å²) in [7, 11) is 0. The Bertz CT molecular complexity index is 1020. The van der Waals surface area contributed by atoms with Crippen LogP contribution in [-0.2, 0) is 9.59 Å². The molecule has 4 nitrogen and oxygen atoms in total. The van der Waals surface area contributed by atoms with E-state index in [1.807, 2.05) is 0 Å². The molecule has 0 saturated heterocycles. The van der Waals surface area contributed by atoms with Crippen LogP contribution >= 0.6 is 11.6 Å². The lowest BCUT2D eigenvalue weighted by molar-refractivity contribution is -0.119. The molecule has 1 aliphatic rings. The molecule has 1 aliphatic heterocycles. The van der Waals surface area contributed by atoms with Gasteiger partial charge >= 0.3 is 0 Å². The lowest BCUT2D eigenvalue weighted by Gasteiger charge is -2.28. The molecule has 0 spiro atoms. The normalized spacial score (nSPS) is 17.0. The fourth-order valence-corrected chi connectivity index (χ4v) is 3.26. The molecule has 3 rings (SSSR count). The number of hydrogen-bond acceptors (Lipinski definition) is 3. The smallest absolute Gasteiger partial charge is 0.294 e. The van der Waals surface area contributed by atoms with E-state index in [9.17, 15) is 27.9 Å². The summed E-state index contributed by atoms with van der Waals surface area (Å²) < 4.78 is 41.9. The second kappa shape index (κ2) is 7.31. The van der Waals surface area contributed by atoms with Crippen LogP contribution in [0.3, 0.4) is 0 Å². The Labute approximate surface area is 163 Å². The number of carbonyl (C=O) groups is 2. The monoisotopic (exact) mass is 409 g/mol. The minimum Gasteiger partial charge on any atom is -0.503 e. The number of aliphatic hydroxyl groups is 1. The van der Waals surface area contributed by atoms with Crippen molar-refractivity contribution in [1.29, 1.82) is 0 Å². The lowest BCUT2D eigenvalue weighted by Crippen LogP contribution is -2.32. The first-order chi connectivity index (χ1) is 13.1. The van der Waals surface area contributed by atoms with Crippen molar-refractivity contribution in [2.45, 2.75) is 19.9 Å². The molecule has 0 aromatic heterocycles. The first kappa shape index (κ1) is 19.9. The van der Waals surface area contributed by atoms with E-state index in [2.05, 4.69) is 0 Å². The van der Waals surface area contributed by atoms with Gasteiger partial charge in [-0.3, -0.25) is 14.5 Å². The maximum atomic E-state index is 14.6. The number of halogens is 4. The summed E-state index contributed by atoms with van der Waals surface area (Å²) >= 11 is 5.80. The number of anilines is 1. The molecule has 2 aromatic rings. The van der Waals surface area contributed by atoms with Gasteiger partial charge in [0.2, 0.25) is 0 Å². The number of amides is 1. The van der Waals surface area contributed by atoms with Gasteiger partial charge in [0, 0.05) is 5.92 Å². The lowest BCUT2D eigenvalue weighted by atomic mass is 9.91. The van der Waals surface area contributed by atoms with Crippen LogP contribution in [0.2, 0.25) is 5.02 Å². The zero-order chi connectivity index (χ0) is 20.7. The highest BCUT2D eigenvalue weighted by molar-refractivity contribution is 6.31. The van der Waals surface area contributed by atoms with E-state index in [1.54, 1.807) is 13.8 Å². The highest BCUT2D eigenvalue weighted by Crippen LogP contribution is 2.43. The van der Waals surface area contributed by atoms with Crippen LogP contribution in [0.4, 0.5) is 18.9 Å². The molecule has 1 unspecified atom stereocenters. The van der Waals surface area contributed by atoms with E-state index >= 15 is 0 Å². The number of ketones is 1. The maximum Gasteiger partial charge on any atom is 0.294 e. The van der Waals surface area contributed by atoms with Crippen molar-refractivity contribution in [1.82, 2.24) is 0 Å². The van der Waals surface area contributed by atoms with E-state index in [0.717, 1.165) is 23.1 Å². The van der Waals surface area contributed by atoms with Gasteiger partial charge in [-0.2, -0.15) is 0 Å². The minimum absolute atomic E-state index is 0.000300. The molecule has 0 aliphatic carbocycles. The number of carbonyl (C=O) groups excluding carboxylic acids is 2. The van der Waals surface area contributed by atoms with Crippen LogP contribution in [0.15, 0.2) is 47.7 Å². The molecule has 0 bridgehead atoms. The number of nitrogens with zero attached hydrogens (tertiary/aromatic N) is 1. The van der Waals surface area contributed by atoms with Gasteiger partial charge in [-0.15, -0.1) is 0 Å². The molecule has 1 N–H and O–H groups in total. The predicted octanol–water partition coefficient (Wildman–Crippen LogP) is 4.88. The average molecular weight is 410 g/mol. The second-order valence-electron chi connectivity index (χ2n) is 6.61. The molecule has 1 heterocycles. The number of Topliss-reactive ketones (excluding diaryl/α,β-unsaturated/α-hetero) is 1. The van der Waals surface area contributed by atoms with Crippen molar-refractivity contribution in [3.8, 4) is 0 Å². The van der Waals surface area contributed by atoms with Crippen molar-refractivity contribution < 1.29 is 27.9 Å². The van der Waals surface area contributed by atoms with Gasteiger partial charge < -0.3 is 5.11 Å². The number of benzene rings is 2. The van der Waals surface area contributed by atoms with Crippen molar-refractivity contribution in [2.75, 3.05) is 4.90 Å². The highest BCUT2D eigenvalue weighted by atomic mass is 35.5. The summed E-state index contributed by atoms with van der Waals surface area (Å²) in [6.45, 7) is 3.11. The third-order valence-corrected chi connectivity index (χ3v) is 4.74. The molecule has 2 aromatic carbocycles. The predicted molar refractivity (Wildman–Crippen MR) is 97.5 cm³/mol. The summed E-state index contributed by atoms with van der Waals surface area (Å²) in [5.74, 6) is -6.38. The highest BCUT2D eigenvalue weighted by Gasteiger charge is 2.45. The molecule has 0 saturated carbocycles. The third kappa shape index (κ3) is 3.16. The van der Waals surface area contributed by atoms with Gasteiger partial charge in [0.15, 0.2) is 29.0 Å². The zero-order valence-electron chi connectivity index (χ0n) is 14.8. The quantitative estimate of drug-likeness (QED) is 0.782. The summed E-state index contributed by atoms with van der Waals surface area (Å²) in [6.07, 6.45) is 0. The Morgan fingerprint density at radius 1 is 1.14 bits per heavy atom. The SMILES string of the molecule is CC(C)C(=O)C1=C(O)C(=O)N(c2cccc(Cl)c2F)C1c1ccc(F)c(F)c1. The van der Waals surface area contributed by atoms with Crippen molar-refractivity contribution in [3.05, 3.63) is 75.8 Å². The van der Waals surface area contributed by atoms with E-state index in [-0.39, 0.29) is 21.8 Å². The maximum absolute atomic E-state index is 14.6. The Hall–Kier alpha value is -2.80. The number of hydrogen-bond donors (Lipinski definition) is 1. The van der Waals surface area contributed by atoms with E-state index in [0.29, 0.717) is 0 Å². The van der Waals surface area contributed by atoms with Crippen molar-refractivity contribution in [2.24, 2.45) is 5.92 Å². The van der Waals surface area contributed by atoms with Gasteiger partial charge in [0.25, 0.3) is 5.91 Å². The first-order valence-electron chi connectivity index (χ1n) is 8.35. The number of rotatable bonds is 4. The Morgan fingerprint density at radius 3 is 2.43 bits per heavy atom. The average Bonchev–Trinajstić information content (AvgIpc) is 2.90. The number of aliphatic hydroxyl groups excluding tert-OH is 1. The summed E-state index contributed by atoms with van der Waals surface area (Å²) in [5.41, 5.74) is -0.615. The molecule has 146 valence electrons. The molecule has 28 heavy (non-hydrogen) atoms. The van der Waals surface area contributed by atoms with E-state index < -0.39 is 46.9 Å². The van der Waals surface area contributed by atoms with Gasteiger partial charge in [0.05, 0.1) is 22.3 Å². The van der Waals surface area contributed by atoms with E-state index in [1.165, 1.54) is 18.2 Å². The Kier molecular flexibility index (Phi) is 5.21. The van der Waals surface area contributed by atoms with Gasteiger partial charge in [-0.25, -0.2) is 13.2 Å².